The first kappa shape index (κ1) is 20.8. The first-order valence-electron chi connectivity index (χ1n) is 9.24. The Hall–Kier alpha value is -2.96. The minimum atomic E-state index is -3.53. The number of benzene rings is 3. The van der Waals surface area contributed by atoms with Crippen LogP contribution in [0.1, 0.15) is 33.1 Å². The second-order valence-electron chi connectivity index (χ2n) is 7.04. The maximum Gasteiger partial charge on any atom is 0.252 e. The zero-order valence-electron chi connectivity index (χ0n) is 16.7. The van der Waals surface area contributed by atoms with E-state index in [2.05, 4.69) is 5.32 Å². The lowest BCUT2D eigenvalue weighted by molar-refractivity contribution is 0.0943. The van der Waals surface area contributed by atoms with E-state index in [0.29, 0.717) is 5.56 Å². The van der Waals surface area contributed by atoms with Crippen LogP contribution in [0.4, 0.5) is 0 Å². The van der Waals surface area contributed by atoms with Crippen molar-refractivity contribution in [2.24, 2.45) is 0 Å². The Morgan fingerprint density at radius 2 is 1.38 bits per heavy atom. The lowest BCUT2D eigenvalue weighted by atomic mass is 9.97. The topological polar surface area (TPSA) is 66.5 Å². The predicted octanol–water partition coefficient (Wildman–Crippen LogP) is 3.76. The summed E-state index contributed by atoms with van der Waals surface area (Å²) in [5.41, 5.74) is 3.48. The molecule has 0 aliphatic carbocycles. The van der Waals surface area contributed by atoms with Gasteiger partial charge in [0.2, 0.25) is 10.0 Å². The second kappa shape index (κ2) is 8.59. The van der Waals surface area contributed by atoms with Crippen molar-refractivity contribution in [1.29, 1.82) is 0 Å². The molecule has 0 saturated carbocycles. The van der Waals surface area contributed by atoms with Crippen molar-refractivity contribution in [3.8, 4) is 0 Å². The molecule has 0 spiro atoms. The zero-order chi connectivity index (χ0) is 21.0. The summed E-state index contributed by atoms with van der Waals surface area (Å²) >= 11 is 0. The van der Waals surface area contributed by atoms with Gasteiger partial charge in [-0.05, 0) is 42.3 Å². The van der Waals surface area contributed by atoms with Gasteiger partial charge in [0.25, 0.3) is 5.91 Å². The van der Waals surface area contributed by atoms with Crippen LogP contribution in [-0.2, 0) is 10.0 Å². The molecule has 3 rings (SSSR count). The van der Waals surface area contributed by atoms with Gasteiger partial charge in [0.05, 0.1) is 10.9 Å². The third-order valence-electron chi connectivity index (χ3n) is 4.71. The molecule has 0 unspecified atom stereocenters. The van der Waals surface area contributed by atoms with Crippen molar-refractivity contribution in [1.82, 2.24) is 9.62 Å². The van der Waals surface area contributed by atoms with Crippen LogP contribution < -0.4 is 5.32 Å². The molecule has 1 N–H and O–H groups in total. The van der Waals surface area contributed by atoms with E-state index in [1.54, 1.807) is 0 Å². The second-order valence-corrected chi connectivity index (χ2v) is 9.19. The molecule has 5 nitrogen and oxygen atoms in total. The highest BCUT2D eigenvalue weighted by molar-refractivity contribution is 7.89. The third-order valence-corrected chi connectivity index (χ3v) is 6.54. The molecule has 0 radical (unpaired) electrons. The van der Waals surface area contributed by atoms with E-state index in [0.717, 1.165) is 21.0 Å². The van der Waals surface area contributed by atoms with E-state index in [4.69, 9.17) is 0 Å². The summed E-state index contributed by atoms with van der Waals surface area (Å²) in [5, 5.41) is 3.07. The molecule has 0 fully saturated rings. The summed E-state index contributed by atoms with van der Waals surface area (Å²) < 4.78 is 25.6. The number of nitrogens with one attached hydrogen (secondary N) is 1. The van der Waals surface area contributed by atoms with E-state index in [1.165, 1.54) is 38.4 Å². The Morgan fingerprint density at radius 1 is 0.828 bits per heavy atom. The minimum absolute atomic E-state index is 0.150. The van der Waals surface area contributed by atoms with Gasteiger partial charge in [-0.2, -0.15) is 0 Å². The van der Waals surface area contributed by atoms with Gasteiger partial charge in [-0.1, -0.05) is 60.2 Å². The number of aryl methyl sites for hydroxylation is 1. The van der Waals surface area contributed by atoms with Gasteiger partial charge in [0.1, 0.15) is 0 Å². The Bertz CT molecular complexity index is 1080. The highest BCUT2D eigenvalue weighted by atomic mass is 32.2. The van der Waals surface area contributed by atoms with Crippen LogP contribution >= 0.6 is 0 Å². The number of hydrogen-bond acceptors (Lipinski definition) is 3. The largest absolute Gasteiger partial charge is 0.341 e. The van der Waals surface area contributed by atoms with E-state index in [1.807, 2.05) is 61.5 Å². The Labute approximate surface area is 172 Å². The smallest absolute Gasteiger partial charge is 0.252 e. The Balaban J connectivity index is 1.88. The third kappa shape index (κ3) is 4.72. The molecule has 0 heterocycles. The van der Waals surface area contributed by atoms with E-state index in [9.17, 15) is 13.2 Å². The van der Waals surface area contributed by atoms with Gasteiger partial charge in [-0.15, -0.1) is 0 Å². The molecule has 1 atom stereocenters. The fourth-order valence-corrected chi connectivity index (χ4v) is 3.87. The summed E-state index contributed by atoms with van der Waals surface area (Å²) in [4.78, 5) is 13.0. The van der Waals surface area contributed by atoms with Crippen LogP contribution in [0.25, 0.3) is 0 Å². The summed E-state index contributed by atoms with van der Waals surface area (Å²) in [6.45, 7) is 2.02. The minimum Gasteiger partial charge on any atom is -0.341 e. The van der Waals surface area contributed by atoms with Gasteiger partial charge in [0, 0.05) is 19.7 Å². The van der Waals surface area contributed by atoms with Crippen molar-refractivity contribution in [2.45, 2.75) is 17.9 Å². The Kier molecular flexibility index (Phi) is 6.15. The maximum atomic E-state index is 12.9. The molecule has 0 saturated heterocycles. The zero-order valence-corrected chi connectivity index (χ0v) is 17.5. The molecule has 150 valence electrons. The van der Waals surface area contributed by atoms with Gasteiger partial charge < -0.3 is 5.32 Å². The number of amides is 1. The quantitative estimate of drug-likeness (QED) is 0.675. The van der Waals surface area contributed by atoms with Crippen LogP contribution in [0.5, 0.6) is 0 Å². The van der Waals surface area contributed by atoms with Crippen molar-refractivity contribution in [2.75, 3.05) is 14.1 Å². The monoisotopic (exact) mass is 408 g/mol. The summed E-state index contributed by atoms with van der Waals surface area (Å²) in [7, 11) is -0.582. The molecule has 0 bridgehead atoms. The van der Waals surface area contributed by atoms with Crippen molar-refractivity contribution < 1.29 is 13.2 Å². The molecule has 6 heteroatoms. The number of carbonyl (C=O) groups is 1. The predicted molar refractivity (Wildman–Crippen MR) is 114 cm³/mol. The number of nitrogens with zero attached hydrogens (tertiary/aromatic N) is 1. The molecule has 1 amide bonds. The SMILES string of the molecule is Cc1ccc([C@H](NC(=O)c2ccc(S(=O)(=O)N(C)C)cc2)c2ccccc2)cc1. The molecule has 0 aromatic heterocycles. The van der Waals surface area contributed by atoms with Crippen LogP contribution in [0, 0.1) is 6.92 Å². The van der Waals surface area contributed by atoms with Gasteiger partial charge in [-0.25, -0.2) is 12.7 Å². The fourth-order valence-electron chi connectivity index (χ4n) is 2.97. The summed E-state index contributed by atoms with van der Waals surface area (Å²) in [5.74, 6) is -0.270. The molecule has 29 heavy (non-hydrogen) atoms. The van der Waals surface area contributed by atoms with Gasteiger partial charge >= 0.3 is 0 Å². The normalized spacial score (nSPS) is 12.6. The standard InChI is InChI=1S/C23H24N2O3S/c1-17-9-11-19(12-10-17)22(18-7-5-4-6-8-18)24-23(26)20-13-15-21(16-14-20)29(27,28)25(2)3/h4-16,22H,1-3H3,(H,24,26)/t22-/m1/s1. The molecule has 0 aliphatic rings. The number of sulfonamides is 1. The van der Waals surface area contributed by atoms with E-state index >= 15 is 0 Å². The van der Waals surface area contributed by atoms with Crippen LogP contribution in [-0.4, -0.2) is 32.7 Å². The molecular weight excluding hydrogens is 384 g/mol. The highest BCUT2D eigenvalue weighted by Gasteiger charge is 2.20. The average Bonchev–Trinajstić information content (AvgIpc) is 2.73. The number of rotatable bonds is 6. The Morgan fingerprint density at radius 3 is 1.93 bits per heavy atom. The van der Waals surface area contributed by atoms with Crippen LogP contribution in [0.15, 0.2) is 83.8 Å². The number of carbonyl (C=O) groups excluding carboxylic acids is 1. The maximum absolute atomic E-state index is 12.9. The van der Waals surface area contributed by atoms with Crippen LogP contribution in [0.3, 0.4) is 0 Å². The number of hydrogen-bond donors (Lipinski definition) is 1. The first-order chi connectivity index (χ1) is 13.8. The molecule has 3 aromatic rings. The van der Waals surface area contributed by atoms with Crippen molar-refractivity contribution in [3.63, 3.8) is 0 Å². The van der Waals surface area contributed by atoms with Crippen molar-refractivity contribution >= 4 is 15.9 Å². The summed E-state index contributed by atoms with van der Waals surface area (Å²) in [6, 6.07) is 23.4. The van der Waals surface area contributed by atoms with E-state index < -0.39 is 10.0 Å². The molecule has 3 aromatic carbocycles. The molecular formula is C23H24N2O3S. The molecule has 0 aliphatic heterocycles. The van der Waals surface area contributed by atoms with Crippen LogP contribution in [0.2, 0.25) is 0 Å². The van der Waals surface area contributed by atoms with E-state index in [-0.39, 0.29) is 16.8 Å². The van der Waals surface area contributed by atoms with Crippen molar-refractivity contribution in [3.05, 3.63) is 101 Å². The van der Waals surface area contributed by atoms with Gasteiger partial charge in [0.15, 0.2) is 0 Å². The van der Waals surface area contributed by atoms with Gasteiger partial charge in [-0.3, -0.25) is 4.79 Å². The first-order valence-corrected chi connectivity index (χ1v) is 10.7. The average molecular weight is 409 g/mol. The lowest BCUT2D eigenvalue weighted by Crippen LogP contribution is -2.29. The summed E-state index contributed by atoms with van der Waals surface area (Å²) in [6.07, 6.45) is 0. The highest BCUT2D eigenvalue weighted by Crippen LogP contribution is 2.23. The lowest BCUT2D eigenvalue weighted by Gasteiger charge is -2.20. The fraction of sp³-hybridized carbons (Fsp3) is 0.174.